The van der Waals surface area contributed by atoms with Gasteiger partial charge in [-0.15, -0.1) is 16.9 Å². The Morgan fingerprint density at radius 3 is 3.30 bits per heavy atom. The van der Waals surface area contributed by atoms with Crippen LogP contribution in [0.1, 0.15) is 6.42 Å². The number of carbonyl (C=O) groups is 1. The highest BCUT2D eigenvalue weighted by Gasteiger charge is 1.94. The molecule has 0 N–H and O–H groups in total. The third-order valence-corrected chi connectivity index (χ3v) is 2.69. The molecular formula is C5H6N2OS2. The van der Waals surface area contributed by atoms with Crippen molar-refractivity contribution >= 4 is 29.6 Å². The first-order chi connectivity index (χ1) is 4.93. The zero-order valence-corrected chi connectivity index (χ0v) is 6.82. The van der Waals surface area contributed by atoms with Gasteiger partial charge in [-0.2, -0.15) is 0 Å². The predicted octanol–water partition coefficient (Wildman–Crippen LogP) is 1.22. The summed E-state index contributed by atoms with van der Waals surface area (Å²) in [5.41, 5.74) is 0. The lowest BCUT2D eigenvalue weighted by Crippen LogP contribution is -1.77. The standard InChI is InChI=1S/C5H6N2OS2/c8-2-1-3-9-5-4-6-7-10-5/h2,4H,1,3H2. The van der Waals surface area contributed by atoms with Crippen molar-refractivity contribution < 1.29 is 4.79 Å². The van der Waals surface area contributed by atoms with E-state index < -0.39 is 0 Å². The number of carbonyl (C=O) groups excluding carboxylic acids is 1. The summed E-state index contributed by atoms with van der Waals surface area (Å²) in [6.45, 7) is 0. The van der Waals surface area contributed by atoms with E-state index in [9.17, 15) is 4.79 Å². The van der Waals surface area contributed by atoms with Crippen LogP contribution in [0, 0.1) is 0 Å². The first kappa shape index (κ1) is 7.68. The van der Waals surface area contributed by atoms with Gasteiger partial charge in [0.15, 0.2) is 0 Å². The van der Waals surface area contributed by atoms with Gasteiger partial charge in [0.1, 0.15) is 10.5 Å². The molecule has 0 saturated carbocycles. The molecule has 0 atom stereocenters. The van der Waals surface area contributed by atoms with Crippen molar-refractivity contribution in [3.05, 3.63) is 6.20 Å². The molecule has 1 rings (SSSR count). The van der Waals surface area contributed by atoms with E-state index in [1.54, 1.807) is 18.0 Å². The van der Waals surface area contributed by atoms with E-state index in [4.69, 9.17) is 0 Å². The lowest BCUT2D eigenvalue weighted by atomic mass is 10.6. The smallest absolute Gasteiger partial charge is 0.120 e. The molecule has 0 saturated heterocycles. The van der Waals surface area contributed by atoms with Crippen LogP contribution in [-0.2, 0) is 4.79 Å². The quantitative estimate of drug-likeness (QED) is 0.391. The SMILES string of the molecule is O=CCCSc1cnns1. The summed E-state index contributed by atoms with van der Waals surface area (Å²) >= 11 is 2.97. The molecule has 54 valence electrons. The van der Waals surface area contributed by atoms with Crippen LogP contribution in [0.2, 0.25) is 0 Å². The van der Waals surface area contributed by atoms with Crippen molar-refractivity contribution in [3.63, 3.8) is 0 Å². The number of hydrogen-bond donors (Lipinski definition) is 0. The summed E-state index contributed by atoms with van der Waals surface area (Å²) < 4.78 is 4.75. The Kier molecular flexibility index (Phi) is 3.38. The van der Waals surface area contributed by atoms with E-state index in [0.29, 0.717) is 6.42 Å². The van der Waals surface area contributed by atoms with E-state index in [1.165, 1.54) is 11.5 Å². The summed E-state index contributed by atoms with van der Waals surface area (Å²) in [7, 11) is 0. The van der Waals surface area contributed by atoms with Gasteiger partial charge in [-0.05, 0) is 11.5 Å². The van der Waals surface area contributed by atoms with Gasteiger partial charge in [0.2, 0.25) is 0 Å². The van der Waals surface area contributed by atoms with Crippen LogP contribution in [0.4, 0.5) is 0 Å². The fourth-order valence-corrected chi connectivity index (χ4v) is 1.80. The van der Waals surface area contributed by atoms with Gasteiger partial charge in [0, 0.05) is 12.2 Å². The lowest BCUT2D eigenvalue weighted by molar-refractivity contribution is -0.107. The van der Waals surface area contributed by atoms with Gasteiger partial charge in [0.05, 0.1) is 6.20 Å². The van der Waals surface area contributed by atoms with Crippen LogP contribution < -0.4 is 0 Å². The average Bonchev–Trinajstić information content (AvgIpc) is 2.41. The van der Waals surface area contributed by atoms with Crippen LogP contribution in [0.3, 0.4) is 0 Å². The third kappa shape index (κ3) is 2.45. The number of aromatic nitrogens is 2. The van der Waals surface area contributed by atoms with Crippen molar-refractivity contribution in [2.75, 3.05) is 5.75 Å². The monoisotopic (exact) mass is 174 g/mol. The minimum atomic E-state index is 0.600. The first-order valence-corrected chi connectivity index (χ1v) is 4.53. The topological polar surface area (TPSA) is 42.9 Å². The molecule has 10 heavy (non-hydrogen) atoms. The Bertz CT molecular complexity index is 188. The highest BCUT2D eigenvalue weighted by Crippen LogP contribution is 2.19. The van der Waals surface area contributed by atoms with Crippen LogP contribution in [0.5, 0.6) is 0 Å². The van der Waals surface area contributed by atoms with E-state index in [1.807, 2.05) is 0 Å². The molecule has 1 heterocycles. The molecule has 0 aliphatic carbocycles. The van der Waals surface area contributed by atoms with Gasteiger partial charge in [-0.3, -0.25) is 0 Å². The van der Waals surface area contributed by atoms with Crippen molar-refractivity contribution in [1.82, 2.24) is 9.59 Å². The Balaban J connectivity index is 2.21. The molecule has 1 aromatic rings. The van der Waals surface area contributed by atoms with Crippen molar-refractivity contribution in [2.45, 2.75) is 10.6 Å². The minimum Gasteiger partial charge on any atom is -0.303 e. The molecule has 0 unspecified atom stereocenters. The maximum absolute atomic E-state index is 9.89. The second kappa shape index (κ2) is 4.40. The van der Waals surface area contributed by atoms with Crippen LogP contribution in [0.15, 0.2) is 10.4 Å². The molecule has 0 aliphatic heterocycles. The number of hydrogen-bond acceptors (Lipinski definition) is 5. The fraction of sp³-hybridized carbons (Fsp3) is 0.400. The summed E-state index contributed by atoms with van der Waals surface area (Å²) in [4.78, 5) is 9.89. The number of rotatable bonds is 4. The molecule has 5 heteroatoms. The van der Waals surface area contributed by atoms with E-state index in [-0.39, 0.29) is 0 Å². The van der Waals surface area contributed by atoms with Gasteiger partial charge in [-0.1, -0.05) is 4.49 Å². The summed E-state index contributed by atoms with van der Waals surface area (Å²) in [5, 5.41) is 3.66. The Morgan fingerprint density at radius 1 is 1.80 bits per heavy atom. The highest BCUT2D eigenvalue weighted by molar-refractivity contribution is 8.01. The van der Waals surface area contributed by atoms with Crippen molar-refractivity contribution in [1.29, 1.82) is 0 Å². The average molecular weight is 174 g/mol. The maximum atomic E-state index is 9.89. The predicted molar refractivity (Wildman–Crippen MR) is 41.3 cm³/mol. The second-order valence-corrected chi connectivity index (χ2v) is 3.72. The minimum absolute atomic E-state index is 0.600. The van der Waals surface area contributed by atoms with Gasteiger partial charge >= 0.3 is 0 Å². The summed E-state index contributed by atoms with van der Waals surface area (Å²) in [5.74, 6) is 0.827. The molecular weight excluding hydrogens is 168 g/mol. The third-order valence-electron chi connectivity index (χ3n) is 0.821. The number of nitrogens with zero attached hydrogens (tertiary/aromatic N) is 2. The molecule has 0 bridgehead atoms. The van der Waals surface area contributed by atoms with E-state index >= 15 is 0 Å². The van der Waals surface area contributed by atoms with Crippen LogP contribution >= 0.6 is 23.3 Å². The van der Waals surface area contributed by atoms with E-state index in [2.05, 4.69) is 9.59 Å². The molecule has 0 fully saturated rings. The zero-order valence-electron chi connectivity index (χ0n) is 5.19. The maximum Gasteiger partial charge on any atom is 0.120 e. The number of thioether (sulfide) groups is 1. The lowest BCUT2D eigenvalue weighted by Gasteiger charge is -1.87. The zero-order chi connectivity index (χ0) is 7.23. The first-order valence-electron chi connectivity index (χ1n) is 2.77. The second-order valence-electron chi connectivity index (χ2n) is 1.54. The van der Waals surface area contributed by atoms with E-state index in [0.717, 1.165) is 16.2 Å². The van der Waals surface area contributed by atoms with Crippen LogP contribution in [-0.4, -0.2) is 21.6 Å². The summed E-state index contributed by atoms with van der Waals surface area (Å²) in [6.07, 6.45) is 3.23. The number of aldehydes is 1. The van der Waals surface area contributed by atoms with Crippen molar-refractivity contribution in [3.8, 4) is 0 Å². The molecule has 1 aromatic heterocycles. The molecule has 0 spiro atoms. The largest absolute Gasteiger partial charge is 0.303 e. The summed E-state index contributed by atoms with van der Waals surface area (Å²) in [6, 6.07) is 0. The van der Waals surface area contributed by atoms with Gasteiger partial charge in [0.25, 0.3) is 0 Å². The van der Waals surface area contributed by atoms with Crippen LogP contribution in [0.25, 0.3) is 0 Å². The Labute approximate surface area is 67.0 Å². The normalized spacial score (nSPS) is 9.60. The molecule has 3 nitrogen and oxygen atoms in total. The molecule has 0 aromatic carbocycles. The highest BCUT2D eigenvalue weighted by atomic mass is 32.2. The van der Waals surface area contributed by atoms with Gasteiger partial charge < -0.3 is 4.79 Å². The molecule has 0 aliphatic rings. The Hall–Kier alpha value is -0.420. The van der Waals surface area contributed by atoms with Gasteiger partial charge in [-0.25, -0.2) is 0 Å². The fourth-order valence-electron chi connectivity index (χ4n) is 0.429. The van der Waals surface area contributed by atoms with Crippen molar-refractivity contribution in [2.24, 2.45) is 0 Å². The molecule has 0 radical (unpaired) electrons. The molecule has 0 amide bonds. The Morgan fingerprint density at radius 2 is 2.70 bits per heavy atom.